The number of aromatic nitrogens is 2. The number of amides is 2. The highest BCUT2D eigenvalue weighted by Gasteiger charge is 2.21. The maximum Gasteiger partial charge on any atom is 0.286 e. The predicted molar refractivity (Wildman–Crippen MR) is 221 cm³/mol. The van der Waals surface area contributed by atoms with Crippen molar-refractivity contribution in [3.8, 4) is 0 Å². The Morgan fingerprint density at radius 3 is 1.28 bits per heavy atom. The number of carbonyl (C=O) groups is 2. The second-order valence-corrected chi connectivity index (χ2v) is 16.3. The average molecular weight is 767 g/mol. The van der Waals surface area contributed by atoms with E-state index in [0.29, 0.717) is 26.2 Å². The van der Waals surface area contributed by atoms with Gasteiger partial charge >= 0.3 is 0 Å². The van der Waals surface area contributed by atoms with Crippen molar-refractivity contribution in [2.45, 2.75) is 38.1 Å². The van der Waals surface area contributed by atoms with E-state index in [-0.39, 0.29) is 37.1 Å². The largest absolute Gasteiger partial charge is 0.391 e. The van der Waals surface area contributed by atoms with Crippen molar-refractivity contribution < 1.29 is 28.9 Å². The Labute approximate surface area is 326 Å². The molecule has 4 aromatic rings. The molecule has 0 spiro atoms. The van der Waals surface area contributed by atoms with Crippen molar-refractivity contribution in [2.75, 3.05) is 60.6 Å². The van der Waals surface area contributed by atoms with Crippen LogP contribution in [0.3, 0.4) is 0 Å². The fraction of sp³-hybridized carbons (Fsp3) is 0.333. The summed E-state index contributed by atoms with van der Waals surface area (Å²) in [7, 11) is 3.36. The fourth-order valence-corrected chi connectivity index (χ4v) is 8.14. The van der Waals surface area contributed by atoms with E-state index in [0.717, 1.165) is 71.1 Å². The van der Waals surface area contributed by atoms with E-state index >= 15 is 0 Å². The molecule has 282 valence electrons. The number of β-amino-alcohol motifs (C(OH)–C–C–N with tert-alkyl or cyclic N) is 2. The topological polar surface area (TPSA) is 113 Å². The van der Waals surface area contributed by atoms with Crippen LogP contribution in [0.15, 0.2) is 97.6 Å². The SMILES string of the molecule is O=C(C[n+]1ccc(/C=C/c2ccc(N3CCC(O)C3)cc2)cc1)NCCSSCCNC(=O)C[n+]1ccc(/C=C/c2ccc(N3CCC(O)C3)cc2)cc1. The van der Waals surface area contributed by atoms with Gasteiger partial charge in [0.2, 0.25) is 13.1 Å². The van der Waals surface area contributed by atoms with E-state index < -0.39 is 0 Å². The molecule has 0 bridgehead atoms. The molecule has 2 atom stereocenters. The molecule has 10 nitrogen and oxygen atoms in total. The Bertz CT molecular complexity index is 1720. The highest BCUT2D eigenvalue weighted by atomic mass is 33.1. The summed E-state index contributed by atoms with van der Waals surface area (Å²) in [5.74, 6) is 1.51. The van der Waals surface area contributed by atoms with Gasteiger partial charge in [-0.3, -0.25) is 9.59 Å². The van der Waals surface area contributed by atoms with Crippen LogP contribution in [0.4, 0.5) is 11.4 Å². The third kappa shape index (κ3) is 12.5. The summed E-state index contributed by atoms with van der Waals surface area (Å²) in [6.45, 7) is 4.86. The third-order valence-corrected chi connectivity index (χ3v) is 11.8. The zero-order valence-electron chi connectivity index (χ0n) is 30.5. The second kappa shape index (κ2) is 20.2. The highest BCUT2D eigenvalue weighted by molar-refractivity contribution is 8.76. The van der Waals surface area contributed by atoms with E-state index in [1.54, 1.807) is 21.6 Å². The van der Waals surface area contributed by atoms with Gasteiger partial charge in [0.1, 0.15) is 0 Å². The molecule has 4 heterocycles. The molecule has 2 unspecified atom stereocenters. The van der Waals surface area contributed by atoms with Gasteiger partial charge in [-0.15, -0.1) is 0 Å². The number of benzene rings is 2. The van der Waals surface area contributed by atoms with Gasteiger partial charge in [-0.05, 0) is 59.4 Å². The quantitative estimate of drug-likeness (QED) is 0.0724. The summed E-state index contributed by atoms with van der Waals surface area (Å²) in [5.41, 5.74) is 6.60. The fourth-order valence-electron chi connectivity index (χ4n) is 6.33. The number of anilines is 2. The van der Waals surface area contributed by atoms with Crippen LogP contribution in [0.2, 0.25) is 0 Å². The van der Waals surface area contributed by atoms with Crippen molar-refractivity contribution in [3.63, 3.8) is 0 Å². The van der Waals surface area contributed by atoms with Crippen LogP contribution in [0.5, 0.6) is 0 Å². The molecule has 2 saturated heterocycles. The predicted octanol–water partition coefficient (Wildman–Crippen LogP) is 4.06. The van der Waals surface area contributed by atoms with Gasteiger partial charge in [0.05, 0.1) is 12.2 Å². The van der Waals surface area contributed by atoms with Crippen LogP contribution in [-0.4, -0.2) is 85.0 Å². The smallest absolute Gasteiger partial charge is 0.286 e. The van der Waals surface area contributed by atoms with Gasteiger partial charge in [-0.2, -0.15) is 9.13 Å². The number of aliphatic hydroxyl groups excluding tert-OH is 2. The first-order valence-electron chi connectivity index (χ1n) is 18.5. The number of nitrogens with one attached hydrogen (secondary N) is 2. The van der Waals surface area contributed by atoms with Crippen LogP contribution in [-0.2, 0) is 22.7 Å². The first-order valence-corrected chi connectivity index (χ1v) is 21.0. The maximum atomic E-state index is 12.4. The highest BCUT2D eigenvalue weighted by Crippen LogP contribution is 2.23. The van der Waals surface area contributed by atoms with Gasteiger partial charge < -0.3 is 30.6 Å². The molecule has 2 aromatic heterocycles. The molecule has 2 aromatic carbocycles. The summed E-state index contributed by atoms with van der Waals surface area (Å²) in [5, 5.41) is 25.5. The molecule has 2 aliphatic heterocycles. The minimum absolute atomic E-state index is 0.0290. The van der Waals surface area contributed by atoms with Crippen LogP contribution in [0, 0.1) is 0 Å². The molecule has 2 amide bonds. The Hall–Kier alpha value is -4.62. The second-order valence-electron chi connectivity index (χ2n) is 13.6. The number of rotatable bonds is 17. The summed E-state index contributed by atoms with van der Waals surface area (Å²) in [6.07, 6.45) is 17.1. The van der Waals surface area contributed by atoms with Crippen molar-refractivity contribution >= 4 is 69.1 Å². The van der Waals surface area contributed by atoms with Crippen LogP contribution in [0.25, 0.3) is 24.3 Å². The molecular formula is C42H50N6O4S2+2. The lowest BCUT2D eigenvalue weighted by molar-refractivity contribution is -0.684. The number of aliphatic hydroxyl groups is 2. The van der Waals surface area contributed by atoms with E-state index in [2.05, 4.69) is 93.3 Å². The normalized spacial score (nSPS) is 17.1. The molecule has 54 heavy (non-hydrogen) atoms. The average Bonchev–Trinajstić information content (AvgIpc) is 3.83. The monoisotopic (exact) mass is 766 g/mol. The lowest BCUT2D eigenvalue weighted by atomic mass is 10.1. The Morgan fingerprint density at radius 1 is 0.593 bits per heavy atom. The summed E-state index contributed by atoms with van der Waals surface area (Å²) >= 11 is 0. The number of hydrogen-bond acceptors (Lipinski definition) is 8. The number of pyridine rings is 2. The van der Waals surface area contributed by atoms with Gasteiger partial charge in [0.25, 0.3) is 11.8 Å². The number of nitrogens with zero attached hydrogens (tertiary/aromatic N) is 4. The zero-order valence-corrected chi connectivity index (χ0v) is 32.1. The van der Waals surface area contributed by atoms with E-state index in [1.165, 1.54) is 0 Å². The standard InChI is InChI=1S/C42H48N6O4S2/c49-39-17-25-47(29-39)37-9-5-33(6-10-37)1-3-35-13-21-45(22-14-35)31-41(51)43-19-27-53-54-28-20-44-42(52)32-46-23-15-36(16-24-46)4-2-34-7-11-38(12-8-34)48-26-18-40(50)30-48/h1-16,21-24,39-40,49-50H,17-20,25-32H2/p+2. The molecule has 2 aliphatic rings. The number of hydrogen-bond donors (Lipinski definition) is 4. The van der Waals surface area contributed by atoms with Crippen molar-refractivity contribution in [2.24, 2.45) is 0 Å². The first kappa shape index (κ1) is 39.1. The van der Waals surface area contributed by atoms with Gasteiger partial charge in [-0.25, -0.2) is 0 Å². The van der Waals surface area contributed by atoms with E-state index in [9.17, 15) is 19.8 Å². The number of carbonyl (C=O) groups excluding carboxylic acids is 2. The molecule has 4 N–H and O–H groups in total. The van der Waals surface area contributed by atoms with Crippen LogP contribution in [0.1, 0.15) is 35.1 Å². The van der Waals surface area contributed by atoms with Crippen LogP contribution >= 0.6 is 21.6 Å². The summed E-state index contributed by atoms with van der Waals surface area (Å²) in [6, 6.07) is 24.7. The minimum Gasteiger partial charge on any atom is -0.391 e. The summed E-state index contributed by atoms with van der Waals surface area (Å²) < 4.78 is 3.73. The van der Waals surface area contributed by atoms with E-state index in [1.807, 2.05) is 58.2 Å². The molecule has 0 radical (unpaired) electrons. The van der Waals surface area contributed by atoms with Crippen LogP contribution < -0.4 is 29.6 Å². The minimum atomic E-state index is -0.232. The van der Waals surface area contributed by atoms with Crippen molar-refractivity contribution in [3.05, 3.63) is 120 Å². The first-order chi connectivity index (χ1) is 26.4. The Morgan fingerprint density at radius 2 is 0.944 bits per heavy atom. The zero-order chi connectivity index (χ0) is 37.5. The van der Waals surface area contributed by atoms with Gasteiger partial charge in [0, 0.05) is 86.4 Å². The lowest BCUT2D eigenvalue weighted by Crippen LogP contribution is -2.43. The molecule has 0 saturated carbocycles. The summed E-state index contributed by atoms with van der Waals surface area (Å²) in [4.78, 5) is 29.3. The molecular weight excluding hydrogens is 717 g/mol. The lowest BCUT2D eigenvalue weighted by Gasteiger charge is -2.17. The molecule has 2 fully saturated rings. The van der Waals surface area contributed by atoms with Gasteiger partial charge in [0.15, 0.2) is 24.8 Å². The Kier molecular flexibility index (Phi) is 14.6. The van der Waals surface area contributed by atoms with E-state index in [4.69, 9.17) is 0 Å². The van der Waals surface area contributed by atoms with Crippen molar-refractivity contribution in [1.82, 2.24) is 10.6 Å². The maximum absolute atomic E-state index is 12.4. The third-order valence-electron chi connectivity index (χ3n) is 9.36. The van der Waals surface area contributed by atoms with Crippen molar-refractivity contribution in [1.29, 1.82) is 0 Å². The molecule has 6 rings (SSSR count). The Balaban J connectivity index is 0.789. The molecule has 0 aliphatic carbocycles. The molecule has 12 heteroatoms. The van der Waals surface area contributed by atoms with Gasteiger partial charge in [-0.1, -0.05) is 70.2 Å².